The maximum absolute atomic E-state index is 12.7. The quantitative estimate of drug-likeness (QED) is 0.468. The molecule has 0 aliphatic heterocycles. The summed E-state index contributed by atoms with van der Waals surface area (Å²) in [4.78, 5) is 17.4. The fourth-order valence-corrected chi connectivity index (χ4v) is 3.43. The molecule has 0 radical (unpaired) electrons. The molecule has 0 spiro atoms. The molecule has 0 aliphatic rings. The van der Waals surface area contributed by atoms with E-state index < -0.39 is 21.7 Å². The predicted molar refractivity (Wildman–Crippen MR) is 106 cm³/mol. The first-order valence-electron chi connectivity index (χ1n) is 7.93. The van der Waals surface area contributed by atoms with E-state index in [2.05, 4.69) is 14.7 Å². The number of pyridine rings is 1. The van der Waals surface area contributed by atoms with Crippen molar-refractivity contribution in [3.63, 3.8) is 0 Å². The number of nitrogens with zero attached hydrogens (tertiary/aromatic N) is 3. The van der Waals surface area contributed by atoms with Crippen molar-refractivity contribution in [3.8, 4) is 0 Å². The van der Waals surface area contributed by atoms with E-state index in [1.165, 1.54) is 29.6 Å². The summed E-state index contributed by atoms with van der Waals surface area (Å²) < 4.78 is 34.2. The SMILES string of the molecule is CN(C)C=NS(=O)(=O)c1cc(NC(=O)OC(C)(C)C)cc2cnc(Cl)cc12. The third-order valence-corrected chi connectivity index (χ3v) is 4.58. The number of amides is 1. The number of rotatable bonds is 4. The largest absolute Gasteiger partial charge is 0.444 e. The number of hydrogen-bond donors (Lipinski definition) is 1. The van der Waals surface area contributed by atoms with Crippen LogP contribution in [0.2, 0.25) is 5.15 Å². The zero-order chi connectivity index (χ0) is 20.4. The number of carbonyl (C=O) groups is 1. The van der Waals surface area contributed by atoms with E-state index in [1.54, 1.807) is 40.9 Å². The highest BCUT2D eigenvalue weighted by molar-refractivity contribution is 7.90. The van der Waals surface area contributed by atoms with Crippen LogP contribution in [-0.2, 0) is 14.8 Å². The number of halogens is 1. The first-order chi connectivity index (χ1) is 12.4. The number of nitrogens with one attached hydrogen (secondary N) is 1. The fraction of sp³-hybridized carbons (Fsp3) is 0.353. The Morgan fingerprint density at radius 3 is 2.56 bits per heavy atom. The van der Waals surface area contributed by atoms with E-state index in [0.717, 1.165) is 0 Å². The van der Waals surface area contributed by atoms with Crippen molar-refractivity contribution in [1.29, 1.82) is 0 Å². The predicted octanol–water partition coefficient (Wildman–Crippen LogP) is 3.51. The molecule has 1 amide bonds. The Hall–Kier alpha value is -2.39. The second-order valence-electron chi connectivity index (χ2n) is 6.99. The minimum atomic E-state index is -4.04. The average Bonchev–Trinajstić information content (AvgIpc) is 2.50. The van der Waals surface area contributed by atoms with Crippen molar-refractivity contribution in [1.82, 2.24) is 9.88 Å². The van der Waals surface area contributed by atoms with Gasteiger partial charge < -0.3 is 9.64 Å². The zero-order valence-corrected chi connectivity index (χ0v) is 17.2. The van der Waals surface area contributed by atoms with Gasteiger partial charge in [0.05, 0.1) is 4.90 Å². The molecule has 1 N–H and O–H groups in total. The molecule has 2 rings (SSSR count). The number of carbonyl (C=O) groups excluding carboxylic acids is 1. The first-order valence-corrected chi connectivity index (χ1v) is 9.75. The van der Waals surface area contributed by atoms with Gasteiger partial charge in [0.1, 0.15) is 17.1 Å². The van der Waals surface area contributed by atoms with Gasteiger partial charge in [0, 0.05) is 36.8 Å². The Balaban J connectivity index is 2.57. The lowest BCUT2D eigenvalue weighted by atomic mass is 10.1. The lowest BCUT2D eigenvalue weighted by Crippen LogP contribution is -2.27. The van der Waals surface area contributed by atoms with Gasteiger partial charge in [-0.3, -0.25) is 5.32 Å². The third kappa shape index (κ3) is 5.80. The van der Waals surface area contributed by atoms with Gasteiger partial charge in [-0.05, 0) is 39.0 Å². The molecular weight excluding hydrogens is 392 g/mol. The highest BCUT2D eigenvalue weighted by Crippen LogP contribution is 2.30. The van der Waals surface area contributed by atoms with E-state index in [9.17, 15) is 13.2 Å². The summed E-state index contributed by atoms with van der Waals surface area (Å²) in [6.45, 7) is 5.18. The third-order valence-electron chi connectivity index (χ3n) is 3.10. The summed E-state index contributed by atoms with van der Waals surface area (Å²) in [7, 11) is -0.741. The normalized spacial score (nSPS) is 12.4. The molecule has 1 aromatic heterocycles. The number of fused-ring (bicyclic) bond motifs is 1. The van der Waals surface area contributed by atoms with Crippen LogP contribution in [0.1, 0.15) is 20.8 Å². The lowest BCUT2D eigenvalue weighted by molar-refractivity contribution is 0.0636. The van der Waals surface area contributed by atoms with Crippen LogP contribution < -0.4 is 5.32 Å². The van der Waals surface area contributed by atoms with Gasteiger partial charge in [-0.15, -0.1) is 4.40 Å². The molecule has 27 heavy (non-hydrogen) atoms. The Bertz CT molecular complexity index is 998. The molecule has 0 saturated carbocycles. The summed E-state index contributed by atoms with van der Waals surface area (Å²) in [6.07, 6.45) is 1.90. The number of sulfonamides is 1. The van der Waals surface area contributed by atoms with Crippen molar-refractivity contribution in [3.05, 3.63) is 29.5 Å². The van der Waals surface area contributed by atoms with Crippen LogP contribution in [-0.4, -0.2) is 50.4 Å². The maximum Gasteiger partial charge on any atom is 0.412 e. The standard InChI is InChI=1S/C17H21ClN4O4S/c1-17(2,3)26-16(23)21-12-6-11-9-19-15(18)8-13(11)14(7-12)27(24,25)20-10-22(4)5/h6-10H,1-5H3,(H,21,23). The molecular formula is C17H21ClN4O4S. The summed E-state index contributed by atoms with van der Waals surface area (Å²) in [6, 6.07) is 4.33. The molecule has 1 aromatic carbocycles. The smallest absolute Gasteiger partial charge is 0.412 e. The number of aromatic nitrogens is 1. The van der Waals surface area contributed by atoms with Crippen molar-refractivity contribution in [2.24, 2.45) is 4.40 Å². The van der Waals surface area contributed by atoms with E-state index in [-0.39, 0.29) is 15.7 Å². The molecule has 10 heteroatoms. The highest BCUT2D eigenvalue weighted by atomic mass is 35.5. The summed E-state index contributed by atoms with van der Waals surface area (Å²) in [5.74, 6) is 0. The number of anilines is 1. The van der Waals surface area contributed by atoms with Gasteiger partial charge in [-0.25, -0.2) is 9.78 Å². The van der Waals surface area contributed by atoms with Crippen molar-refractivity contribution >= 4 is 50.5 Å². The van der Waals surface area contributed by atoms with Gasteiger partial charge in [-0.2, -0.15) is 8.42 Å². The second kappa shape index (κ2) is 7.69. The molecule has 0 atom stereocenters. The molecule has 8 nitrogen and oxygen atoms in total. The van der Waals surface area contributed by atoms with Crippen LogP contribution in [0.3, 0.4) is 0 Å². The Labute approximate surface area is 163 Å². The Morgan fingerprint density at radius 1 is 1.30 bits per heavy atom. The maximum atomic E-state index is 12.7. The van der Waals surface area contributed by atoms with E-state index in [0.29, 0.717) is 10.8 Å². The molecule has 0 fully saturated rings. The lowest BCUT2D eigenvalue weighted by Gasteiger charge is -2.20. The zero-order valence-electron chi connectivity index (χ0n) is 15.6. The summed E-state index contributed by atoms with van der Waals surface area (Å²) in [5, 5.41) is 3.50. The molecule has 0 unspecified atom stereocenters. The molecule has 146 valence electrons. The molecule has 1 heterocycles. The first kappa shape index (κ1) is 20.9. The van der Waals surface area contributed by atoms with Crippen LogP contribution in [0.15, 0.2) is 33.7 Å². The number of benzene rings is 1. The molecule has 0 bridgehead atoms. The fourth-order valence-electron chi connectivity index (χ4n) is 2.12. The van der Waals surface area contributed by atoms with Crippen LogP contribution in [0.5, 0.6) is 0 Å². The second-order valence-corrected chi connectivity index (χ2v) is 8.98. The minimum Gasteiger partial charge on any atom is -0.444 e. The number of ether oxygens (including phenoxy) is 1. The Morgan fingerprint density at radius 2 is 1.96 bits per heavy atom. The van der Waals surface area contributed by atoms with Gasteiger partial charge >= 0.3 is 6.09 Å². The van der Waals surface area contributed by atoms with Crippen molar-refractivity contribution in [2.45, 2.75) is 31.3 Å². The van der Waals surface area contributed by atoms with E-state index in [1.807, 2.05) is 0 Å². The van der Waals surface area contributed by atoms with Gasteiger partial charge in [0.2, 0.25) is 0 Å². The molecule has 0 aliphatic carbocycles. The van der Waals surface area contributed by atoms with E-state index >= 15 is 0 Å². The highest BCUT2D eigenvalue weighted by Gasteiger charge is 2.21. The topological polar surface area (TPSA) is 101 Å². The van der Waals surface area contributed by atoms with Crippen molar-refractivity contribution < 1.29 is 17.9 Å². The molecule has 0 saturated heterocycles. The van der Waals surface area contributed by atoms with Crippen LogP contribution >= 0.6 is 11.6 Å². The molecule has 2 aromatic rings. The minimum absolute atomic E-state index is 0.103. The Kier molecular flexibility index (Phi) is 5.96. The van der Waals surface area contributed by atoms with Gasteiger partial charge in [0.25, 0.3) is 10.0 Å². The van der Waals surface area contributed by atoms with Crippen molar-refractivity contribution in [2.75, 3.05) is 19.4 Å². The van der Waals surface area contributed by atoms with Gasteiger partial charge in [0.15, 0.2) is 0 Å². The van der Waals surface area contributed by atoms with Crippen LogP contribution in [0, 0.1) is 0 Å². The van der Waals surface area contributed by atoms with Crippen LogP contribution in [0.4, 0.5) is 10.5 Å². The monoisotopic (exact) mass is 412 g/mol. The average molecular weight is 413 g/mol. The summed E-state index contributed by atoms with van der Waals surface area (Å²) in [5.41, 5.74) is -0.458. The van der Waals surface area contributed by atoms with Gasteiger partial charge in [-0.1, -0.05) is 11.6 Å². The summed E-state index contributed by atoms with van der Waals surface area (Å²) >= 11 is 5.92. The van der Waals surface area contributed by atoms with Crippen LogP contribution in [0.25, 0.3) is 10.8 Å². The number of hydrogen-bond acceptors (Lipinski definition) is 5. The van der Waals surface area contributed by atoms with E-state index in [4.69, 9.17) is 16.3 Å².